The lowest BCUT2D eigenvalue weighted by molar-refractivity contribution is 0.628. The highest BCUT2D eigenvalue weighted by Crippen LogP contribution is 2.24. The summed E-state index contributed by atoms with van der Waals surface area (Å²) in [6.07, 6.45) is 3.91. The first-order valence-electron chi connectivity index (χ1n) is 6.44. The molecule has 0 amide bonds. The molecule has 0 spiro atoms. The van der Waals surface area contributed by atoms with Crippen LogP contribution < -0.4 is 0 Å². The van der Waals surface area contributed by atoms with Gasteiger partial charge in [-0.25, -0.2) is 9.37 Å². The Bertz CT molecular complexity index is 924. The van der Waals surface area contributed by atoms with Gasteiger partial charge in [-0.3, -0.25) is 0 Å². The highest BCUT2D eigenvalue weighted by Gasteiger charge is 2.07. The summed E-state index contributed by atoms with van der Waals surface area (Å²) >= 11 is 0. The van der Waals surface area contributed by atoms with Crippen LogP contribution in [0.3, 0.4) is 0 Å². The van der Waals surface area contributed by atoms with E-state index in [-0.39, 0.29) is 5.82 Å². The van der Waals surface area contributed by atoms with Gasteiger partial charge in [-0.15, -0.1) is 0 Å². The summed E-state index contributed by atoms with van der Waals surface area (Å²) in [6, 6.07) is 16.7. The lowest BCUT2D eigenvalue weighted by Crippen LogP contribution is -1.83. The molecule has 0 atom stereocenters. The second kappa shape index (κ2) is 4.17. The van der Waals surface area contributed by atoms with Gasteiger partial charge in [0.15, 0.2) is 0 Å². The maximum absolute atomic E-state index is 13.3. The molecule has 3 heteroatoms. The topological polar surface area (TPSA) is 17.3 Å². The molecule has 0 saturated carbocycles. The molecule has 0 bridgehead atoms. The first-order chi connectivity index (χ1) is 9.81. The van der Waals surface area contributed by atoms with Gasteiger partial charge in [0, 0.05) is 23.3 Å². The Morgan fingerprint density at radius 1 is 0.950 bits per heavy atom. The van der Waals surface area contributed by atoms with E-state index < -0.39 is 0 Å². The lowest BCUT2D eigenvalue weighted by atomic mass is 10.2. The van der Waals surface area contributed by atoms with Crippen LogP contribution in [-0.2, 0) is 0 Å². The van der Waals surface area contributed by atoms with Crippen molar-refractivity contribution in [1.29, 1.82) is 0 Å². The predicted octanol–water partition coefficient (Wildman–Crippen LogP) is 4.29. The van der Waals surface area contributed by atoms with E-state index in [4.69, 9.17) is 0 Å². The number of imidazole rings is 1. The van der Waals surface area contributed by atoms with Gasteiger partial charge in [0.1, 0.15) is 11.5 Å². The third kappa shape index (κ3) is 1.67. The summed E-state index contributed by atoms with van der Waals surface area (Å²) in [5.41, 5.74) is 2.46. The molecule has 20 heavy (non-hydrogen) atoms. The Morgan fingerprint density at radius 2 is 1.85 bits per heavy atom. The summed E-state index contributed by atoms with van der Waals surface area (Å²) in [6.45, 7) is 0. The number of halogens is 1. The third-order valence-corrected chi connectivity index (χ3v) is 3.47. The van der Waals surface area contributed by atoms with Crippen LogP contribution in [0.2, 0.25) is 0 Å². The zero-order chi connectivity index (χ0) is 13.5. The normalized spacial score (nSPS) is 11.2. The van der Waals surface area contributed by atoms with E-state index in [2.05, 4.69) is 17.1 Å². The van der Waals surface area contributed by atoms with Crippen molar-refractivity contribution in [3.05, 3.63) is 72.8 Å². The Kier molecular flexibility index (Phi) is 2.33. The number of hydrogen-bond donors (Lipinski definition) is 0. The van der Waals surface area contributed by atoms with Crippen molar-refractivity contribution < 1.29 is 4.39 Å². The Hall–Kier alpha value is -2.68. The van der Waals surface area contributed by atoms with Crippen molar-refractivity contribution in [2.75, 3.05) is 0 Å². The highest BCUT2D eigenvalue weighted by atomic mass is 19.1. The van der Waals surface area contributed by atoms with Crippen LogP contribution in [0.15, 0.2) is 67.0 Å². The number of benzene rings is 2. The van der Waals surface area contributed by atoms with Gasteiger partial charge in [0.25, 0.3) is 0 Å². The van der Waals surface area contributed by atoms with E-state index in [1.807, 2.05) is 41.1 Å². The number of nitrogens with zero attached hydrogens (tertiary/aromatic N) is 2. The quantitative estimate of drug-likeness (QED) is 0.500. The van der Waals surface area contributed by atoms with E-state index in [1.165, 1.54) is 12.1 Å². The van der Waals surface area contributed by atoms with E-state index in [9.17, 15) is 4.39 Å². The second-order valence-corrected chi connectivity index (χ2v) is 4.77. The largest absolute Gasteiger partial charge is 0.306 e. The molecule has 0 aliphatic carbocycles. The van der Waals surface area contributed by atoms with Crippen molar-refractivity contribution in [3.8, 4) is 11.3 Å². The molecule has 0 N–H and O–H groups in total. The van der Waals surface area contributed by atoms with Gasteiger partial charge in [0.2, 0.25) is 0 Å². The zero-order valence-corrected chi connectivity index (χ0v) is 10.6. The first-order valence-corrected chi connectivity index (χ1v) is 6.44. The SMILES string of the molecule is Fc1cccc(-c2cn3ccc4ccccc4c3n2)c1. The standard InChI is InChI=1S/C17H11FN2/c18-14-6-3-5-13(10-14)16-11-20-9-8-12-4-1-2-7-15(12)17(20)19-16/h1-11H. The van der Waals surface area contributed by atoms with Gasteiger partial charge in [-0.2, -0.15) is 0 Å². The molecule has 0 aliphatic heterocycles. The summed E-state index contributed by atoms with van der Waals surface area (Å²) in [7, 11) is 0. The van der Waals surface area contributed by atoms with Gasteiger partial charge >= 0.3 is 0 Å². The van der Waals surface area contributed by atoms with Crippen molar-refractivity contribution in [2.45, 2.75) is 0 Å². The van der Waals surface area contributed by atoms with Crippen molar-refractivity contribution in [1.82, 2.24) is 9.38 Å². The zero-order valence-electron chi connectivity index (χ0n) is 10.6. The average Bonchev–Trinajstić information content (AvgIpc) is 2.92. The number of rotatable bonds is 1. The molecule has 0 saturated heterocycles. The molecule has 2 heterocycles. The molecule has 4 aromatic rings. The first kappa shape index (κ1) is 11.2. The third-order valence-electron chi connectivity index (χ3n) is 3.47. The van der Waals surface area contributed by atoms with Crippen molar-refractivity contribution >= 4 is 16.4 Å². The molecule has 0 radical (unpaired) electrons. The maximum atomic E-state index is 13.3. The summed E-state index contributed by atoms with van der Waals surface area (Å²) in [5.74, 6) is -0.246. The fraction of sp³-hybridized carbons (Fsp3) is 0. The molecule has 0 aliphatic rings. The van der Waals surface area contributed by atoms with Crippen LogP contribution in [0, 0.1) is 5.82 Å². The van der Waals surface area contributed by atoms with Crippen LogP contribution in [-0.4, -0.2) is 9.38 Å². The molecule has 0 fully saturated rings. The smallest absolute Gasteiger partial charge is 0.145 e. The molecule has 96 valence electrons. The van der Waals surface area contributed by atoms with Crippen LogP contribution in [0.25, 0.3) is 27.7 Å². The van der Waals surface area contributed by atoms with Gasteiger partial charge in [0.05, 0.1) is 5.69 Å². The highest BCUT2D eigenvalue weighted by molar-refractivity contribution is 5.94. The molecular weight excluding hydrogens is 251 g/mol. The lowest BCUT2D eigenvalue weighted by Gasteiger charge is -1.98. The molecule has 2 aromatic carbocycles. The molecule has 2 nitrogen and oxygen atoms in total. The number of hydrogen-bond acceptors (Lipinski definition) is 1. The molecule has 0 unspecified atom stereocenters. The van der Waals surface area contributed by atoms with Gasteiger partial charge in [-0.1, -0.05) is 36.4 Å². The van der Waals surface area contributed by atoms with E-state index >= 15 is 0 Å². The molecule has 2 aromatic heterocycles. The van der Waals surface area contributed by atoms with Gasteiger partial charge < -0.3 is 4.40 Å². The number of pyridine rings is 1. The monoisotopic (exact) mass is 262 g/mol. The fourth-order valence-corrected chi connectivity index (χ4v) is 2.50. The van der Waals surface area contributed by atoms with E-state index in [0.717, 1.165) is 27.7 Å². The minimum Gasteiger partial charge on any atom is -0.306 e. The fourth-order valence-electron chi connectivity index (χ4n) is 2.50. The molecule has 4 rings (SSSR count). The number of fused-ring (bicyclic) bond motifs is 3. The van der Waals surface area contributed by atoms with Crippen LogP contribution in [0.1, 0.15) is 0 Å². The van der Waals surface area contributed by atoms with Crippen LogP contribution in [0.4, 0.5) is 4.39 Å². The Morgan fingerprint density at radius 3 is 2.75 bits per heavy atom. The summed E-state index contributed by atoms with van der Waals surface area (Å²) in [4.78, 5) is 4.65. The molecular formula is C17H11FN2. The minimum absolute atomic E-state index is 0.246. The average molecular weight is 262 g/mol. The van der Waals surface area contributed by atoms with E-state index in [1.54, 1.807) is 6.07 Å². The van der Waals surface area contributed by atoms with Crippen LogP contribution in [0.5, 0.6) is 0 Å². The summed E-state index contributed by atoms with van der Waals surface area (Å²) < 4.78 is 15.3. The summed E-state index contributed by atoms with van der Waals surface area (Å²) in [5, 5.41) is 2.24. The Labute approximate surface area is 115 Å². The van der Waals surface area contributed by atoms with Crippen molar-refractivity contribution in [3.63, 3.8) is 0 Å². The second-order valence-electron chi connectivity index (χ2n) is 4.77. The minimum atomic E-state index is -0.246. The van der Waals surface area contributed by atoms with Crippen LogP contribution >= 0.6 is 0 Å². The predicted molar refractivity (Wildman–Crippen MR) is 78.1 cm³/mol. The maximum Gasteiger partial charge on any atom is 0.145 e. The Balaban J connectivity index is 2.01. The van der Waals surface area contributed by atoms with E-state index in [0.29, 0.717) is 0 Å². The van der Waals surface area contributed by atoms with Gasteiger partial charge in [-0.05, 0) is 23.6 Å². The number of aromatic nitrogens is 2. The van der Waals surface area contributed by atoms with Crippen molar-refractivity contribution in [2.24, 2.45) is 0 Å².